The summed E-state index contributed by atoms with van der Waals surface area (Å²) in [4.78, 5) is 13.9. The Morgan fingerprint density at radius 1 is 1.16 bits per heavy atom. The average Bonchev–Trinajstić information content (AvgIpc) is 3.11. The van der Waals surface area contributed by atoms with Gasteiger partial charge in [0.05, 0.1) is 24.3 Å². The molecule has 0 bridgehead atoms. The minimum atomic E-state index is -0.0639. The predicted octanol–water partition coefficient (Wildman–Crippen LogP) is 3.90. The van der Waals surface area contributed by atoms with Crippen molar-refractivity contribution >= 4 is 17.7 Å². The molecule has 5 heteroatoms. The molecule has 126 valence electrons. The Bertz CT molecular complexity index is 875. The summed E-state index contributed by atoms with van der Waals surface area (Å²) in [5.41, 5.74) is 2.98. The average molecular weight is 349 g/mol. The van der Waals surface area contributed by atoms with Crippen molar-refractivity contribution in [2.24, 2.45) is 0 Å². The molecule has 3 aromatic rings. The van der Waals surface area contributed by atoms with Gasteiger partial charge in [0, 0.05) is 16.8 Å². The normalized spacial score (nSPS) is 16.2. The molecule has 4 nitrogen and oxygen atoms in total. The van der Waals surface area contributed by atoms with Gasteiger partial charge in [-0.05, 0) is 23.6 Å². The van der Waals surface area contributed by atoms with Crippen LogP contribution < -0.4 is 5.32 Å². The molecule has 1 aromatic heterocycles. The zero-order chi connectivity index (χ0) is 17.1. The molecule has 1 N–H and O–H groups in total. The van der Waals surface area contributed by atoms with Crippen molar-refractivity contribution < 1.29 is 4.79 Å². The number of carbonyl (C=O) groups excluding carboxylic acids is 1. The van der Waals surface area contributed by atoms with E-state index < -0.39 is 0 Å². The van der Waals surface area contributed by atoms with Gasteiger partial charge in [-0.15, -0.1) is 11.8 Å². The Morgan fingerprint density at radius 2 is 1.96 bits per heavy atom. The monoisotopic (exact) mass is 349 g/mol. The standard InChI is InChI=1S/C20H19N3OS/c24-20(22-18-10-11-25-19-9-5-4-8-17(18)19)16-12-21-23(14-16)13-15-6-2-1-3-7-15/h1-9,12,14,18H,10-11,13H2,(H,22,24). The van der Waals surface area contributed by atoms with Gasteiger partial charge in [-0.3, -0.25) is 9.48 Å². The number of carbonyl (C=O) groups is 1. The van der Waals surface area contributed by atoms with Crippen LogP contribution in [0, 0.1) is 0 Å². The summed E-state index contributed by atoms with van der Waals surface area (Å²) in [5.74, 6) is 0.959. The van der Waals surface area contributed by atoms with Crippen LogP contribution in [0.1, 0.15) is 33.9 Å². The second-order valence-corrected chi connectivity index (χ2v) is 7.25. The van der Waals surface area contributed by atoms with E-state index in [4.69, 9.17) is 0 Å². The predicted molar refractivity (Wildman–Crippen MR) is 99.8 cm³/mol. The van der Waals surface area contributed by atoms with Crippen molar-refractivity contribution in [3.63, 3.8) is 0 Å². The highest BCUT2D eigenvalue weighted by Gasteiger charge is 2.22. The first-order chi connectivity index (χ1) is 12.3. The zero-order valence-corrected chi connectivity index (χ0v) is 14.6. The van der Waals surface area contributed by atoms with E-state index >= 15 is 0 Å². The van der Waals surface area contributed by atoms with Crippen molar-refractivity contribution in [3.05, 3.63) is 83.7 Å². The van der Waals surface area contributed by atoms with Crippen LogP contribution in [-0.4, -0.2) is 21.4 Å². The Kier molecular flexibility index (Phi) is 4.57. The fourth-order valence-electron chi connectivity index (χ4n) is 3.07. The maximum atomic E-state index is 12.6. The van der Waals surface area contributed by atoms with Gasteiger partial charge in [-0.25, -0.2) is 0 Å². The van der Waals surface area contributed by atoms with Crippen LogP contribution in [0.15, 0.2) is 71.9 Å². The van der Waals surface area contributed by atoms with Crippen LogP contribution in [0.4, 0.5) is 0 Å². The summed E-state index contributed by atoms with van der Waals surface area (Å²) in [6, 6.07) is 18.5. The maximum Gasteiger partial charge on any atom is 0.254 e. The Balaban J connectivity index is 1.46. The van der Waals surface area contributed by atoms with Gasteiger partial charge < -0.3 is 5.32 Å². The van der Waals surface area contributed by atoms with E-state index in [1.165, 1.54) is 10.5 Å². The van der Waals surface area contributed by atoms with Crippen molar-refractivity contribution in [1.29, 1.82) is 0 Å². The third-order valence-corrected chi connectivity index (χ3v) is 5.47. The lowest BCUT2D eigenvalue weighted by atomic mass is 10.0. The number of rotatable bonds is 4. The first-order valence-electron chi connectivity index (χ1n) is 8.38. The van der Waals surface area contributed by atoms with Crippen LogP contribution in [0.25, 0.3) is 0 Å². The molecule has 0 fully saturated rings. The van der Waals surface area contributed by atoms with Crippen molar-refractivity contribution in [2.45, 2.75) is 23.9 Å². The SMILES string of the molecule is O=C(NC1CCSc2ccccc21)c1cnn(Cc2ccccc2)c1. The molecule has 1 aliphatic heterocycles. The Labute approximate surface area is 151 Å². The molecule has 0 radical (unpaired) electrons. The molecule has 0 aliphatic carbocycles. The molecule has 0 spiro atoms. The fourth-order valence-corrected chi connectivity index (χ4v) is 4.20. The van der Waals surface area contributed by atoms with Crippen LogP contribution in [0.3, 0.4) is 0 Å². The highest BCUT2D eigenvalue weighted by Crippen LogP contribution is 2.35. The van der Waals surface area contributed by atoms with Gasteiger partial charge >= 0.3 is 0 Å². The second kappa shape index (κ2) is 7.15. The molecule has 0 saturated carbocycles. The van der Waals surface area contributed by atoms with Gasteiger partial charge in [0.2, 0.25) is 0 Å². The smallest absolute Gasteiger partial charge is 0.254 e. The molecule has 25 heavy (non-hydrogen) atoms. The second-order valence-electron chi connectivity index (χ2n) is 6.11. The van der Waals surface area contributed by atoms with Gasteiger partial charge in [-0.1, -0.05) is 48.5 Å². The topological polar surface area (TPSA) is 46.9 Å². The van der Waals surface area contributed by atoms with Crippen LogP contribution in [0.5, 0.6) is 0 Å². The summed E-state index contributed by atoms with van der Waals surface area (Å²) >= 11 is 1.85. The van der Waals surface area contributed by atoms with Gasteiger partial charge in [-0.2, -0.15) is 5.10 Å². The largest absolute Gasteiger partial charge is 0.345 e. The number of nitrogens with one attached hydrogen (secondary N) is 1. The van der Waals surface area contributed by atoms with Crippen molar-refractivity contribution in [1.82, 2.24) is 15.1 Å². The molecule has 2 heterocycles. The lowest BCUT2D eigenvalue weighted by Gasteiger charge is -2.25. The Hall–Kier alpha value is -2.53. The zero-order valence-electron chi connectivity index (χ0n) is 13.8. The molecule has 4 rings (SSSR count). The number of nitrogens with zero attached hydrogens (tertiary/aromatic N) is 2. The Morgan fingerprint density at radius 3 is 2.84 bits per heavy atom. The molecule has 1 amide bonds. The highest BCUT2D eigenvalue weighted by atomic mass is 32.2. The third kappa shape index (κ3) is 3.61. The maximum absolute atomic E-state index is 12.6. The van der Waals surface area contributed by atoms with E-state index in [1.54, 1.807) is 10.9 Å². The number of hydrogen-bond acceptors (Lipinski definition) is 3. The molecule has 1 unspecified atom stereocenters. The highest BCUT2D eigenvalue weighted by molar-refractivity contribution is 7.99. The molecule has 1 atom stereocenters. The van der Waals surface area contributed by atoms with Crippen molar-refractivity contribution in [3.8, 4) is 0 Å². The van der Waals surface area contributed by atoms with Gasteiger partial charge in [0.25, 0.3) is 5.91 Å². The summed E-state index contributed by atoms with van der Waals surface area (Å²) in [5, 5.41) is 7.48. The third-order valence-electron chi connectivity index (χ3n) is 4.35. The number of aromatic nitrogens is 2. The molecule has 1 aliphatic rings. The van der Waals surface area contributed by atoms with Gasteiger partial charge in [0.15, 0.2) is 0 Å². The molecule has 2 aromatic carbocycles. The number of thioether (sulfide) groups is 1. The van der Waals surface area contributed by atoms with Gasteiger partial charge in [0.1, 0.15) is 0 Å². The summed E-state index contributed by atoms with van der Waals surface area (Å²) in [6.07, 6.45) is 4.40. The van der Waals surface area contributed by atoms with Crippen LogP contribution >= 0.6 is 11.8 Å². The van der Waals surface area contributed by atoms with Crippen LogP contribution in [-0.2, 0) is 6.54 Å². The number of benzene rings is 2. The number of amides is 1. The molecular formula is C20H19N3OS. The summed E-state index contributed by atoms with van der Waals surface area (Å²) in [6.45, 7) is 0.664. The van der Waals surface area contributed by atoms with E-state index in [2.05, 4.69) is 34.7 Å². The minimum absolute atomic E-state index is 0.0639. The lowest BCUT2D eigenvalue weighted by molar-refractivity contribution is 0.0935. The first kappa shape index (κ1) is 16.0. The number of fused-ring (bicyclic) bond motifs is 1. The van der Waals surface area contributed by atoms with E-state index in [-0.39, 0.29) is 11.9 Å². The van der Waals surface area contributed by atoms with E-state index in [1.807, 2.05) is 48.3 Å². The van der Waals surface area contributed by atoms with Crippen LogP contribution in [0.2, 0.25) is 0 Å². The molecular weight excluding hydrogens is 330 g/mol. The summed E-state index contributed by atoms with van der Waals surface area (Å²) < 4.78 is 1.80. The lowest BCUT2D eigenvalue weighted by Crippen LogP contribution is -2.30. The quantitative estimate of drug-likeness (QED) is 0.777. The number of hydrogen-bond donors (Lipinski definition) is 1. The van der Waals surface area contributed by atoms with E-state index in [0.717, 1.165) is 17.7 Å². The van der Waals surface area contributed by atoms with E-state index in [9.17, 15) is 4.79 Å². The first-order valence-corrected chi connectivity index (χ1v) is 9.37. The van der Waals surface area contributed by atoms with E-state index in [0.29, 0.717) is 12.1 Å². The fraction of sp³-hybridized carbons (Fsp3) is 0.200. The minimum Gasteiger partial charge on any atom is -0.345 e. The molecule has 0 saturated heterocycles. The summed E-state index contributed by atoms with van der Waals surface area (Å²) in [7, 11) is 0. The van der Waals surface area contributed by atoms with Crippen molar-refractivity contribution in [2.75, 3.05) is 5.75 Å².